The Morgan fingerprint density at radius 3 is 2.43 bits per heavy atom. The molecular formula is C21H27F3N2O2. The molecule has 0 saturated carbocycles. The third kappa shape index (κ3) is 3.70. The van der Waals surface area contributed by atoms with Gasteiger partial charge in [-0.15, -0.1) is 0 Å². The molecule has 2 saturated heterocycles. The molecule has 1 amide bonds. The van der Waals surface area contributed by atoms with Crippen LogP contribution in [-0.4, -0.2) is 64.8 Å². The molecule has 2 aliphatic rings. The molecule has 28 heavy (non-hydrogen) atoms. The standard InChI is InChI=1S/C21H27F3N2O2/c1-3-5-15-6-8-16(9-7-15)19-17(12-27)26(11-10-21(22,23)24)20(19)13-25(14-20)18(28)4-2/h3,5-9,17,19,27H,4,10-14H2,1-2H3/b5-3+/t17-,19+/m1/s1. The SMILES string of the molecule is C/C=C/c1ccc([C@H]2[C@@H](CO)N(CCC(F)(F)F)C23CN(C(=O)CC)C3)cc1. The fraction of sp³-hybridized carbons (Fsp3) is 0.571. The number of alkyl halides is 3. The van der Waals surface area contributed by atoms with Crippen molar-refractivity contribution in [2.45, 2.75) is 50.4 Å². The molecule has 1 N–H and O–H groups in total. The van der Waals surface area contributed by atoms with Crippen LogP contribution in [0.1, 0.15) is 43.7 Å². The summed E-state index contributed by atoms with van der Waals surface area (Å²) in [5.74, 6) is -0.0812. The van der Waals surface area contributed by atoms with Gasteiger partial charge in [-0.25, -0.2) is 0 Å². The van der Waals surface area contributed by atoms with Gasteiger partial charge >= 0.3 is 6.18 Å². The van der Waals surface area contributed by atoms with Gasteiger partial charge in [0.25, 0.3) is 0 Å². The number of halogens is 3. The molecule has 1 spiro atoms. The number of aliphatic hydroxyl groups excluding tert-OH is 1. The van der Waals surface area contributed by atoms with Crippen molar-refractivity contribution in [2.75, 3.05) is 26.2 Å². The predicted octanol–water partition coefficient (Wildman–Crippen LogP) is 3.42. The Morgan fingerprint density at radius 2 is 1.93 bits per heavy atom. The molecule has 2 fully saturated rings. The highest BCUT2D eigenvalue weighted by molar-refractivity contribution is 5.77. The predicted molar refractivity (Wildman–Crippen MR) is 102 cm³/mol. The van der Waals surface area contributed by atoms with E-state index in [4.69, 9.17) is 0 Å². The minimum absolute atomic E-state index is 0.0102. The second kappa shape index (κ2) is 7.87. The van der Waals surface area contributed by atoms with E-state index in [1.165, 1.54) is 0 Å². The van der Waals surface area contributed by atoms with Crippen molar-refractivity contribution in [1.29, 1.82) is 0 Å². The van der Waals surface area contributed by atoms with Crippen LogP contribution >= 0.6 is 0 Å². The summed E-state index contributed by atoms with van der Waals surface area (Å²) in [6, 6.07) is 7.55. The number of benzene rings is 1. The Kier molecular flexibility index (Phi) is 5.87. The maximum atomic E-state index is 12.8. The Balaban J connectivity index is 1.85. The molecule has 7 heteroatoms. The highest BCUT2D eigenvalue weighted by Gasteiger charge is 2.66. The zero-order valence-corrected chi connectivity index (χ0v) is 16.2. The number of amides is 1. The summed E-state index contributed by atoms with van der Waals surface area (Å²) >= 11 is 0. The topological polar surface area (TPSA) is 43.8 Å². The molecule has 0 aliphatic carbocycles. The molecule has 0 radical (unpaired) electrons. The zero-order chi connectivity index (χ0) is 20.5. The number of rotatable bonds is 6. The average molecular weight is 396 g/mol. The summed E-state index contributed by atoms with van der Waals surface area (Å²) in [5.41, 5.74) is 1.52. The Bertz CT molecular complexity index is 724. The molecule has 4 nitrogen and oxygen atoms in total. The molecule has 0 unspecified atom stereocenters. The highest BCUT2D eigenvalue weighted by Crippen LogP contribution is 2.54. The van der Waals surface area contributed by atoms with E-state index in [1.54, 1.807) is 16.7 Å². The molecule has 1 aromatic carbocycles. The lowest BCUT2D eigenvalue weighted by Gasteiger charge is -2.71. The van der Waals surface area contributed by atoms with E-state index in [1.807, 2.05) is 43.3 Å². The van der Waals surface area contributed by atoms with Crippen LogP contribution in [0, 0.1) is 0 Å². The maximum absolute atomic E-state index is 12.8. The van der Waals surface area contributed by atoms with Crippen molar-refractivity contribution in [3.05, 3.63) is 41.5 Å². The fourth-order valence-corrected chi connectivity index (χ4v) is 4.74. The van der Waals surface area contributed by atoms with E-state index in [-0.39, 0.29) is 31.0 Å². The molecule has 0 bridgehead atoms. The van der Waals surface area contributed by atoms with E-state index >= 15 is 0 Å². The van der Waals surface area contributed by atoms with E-state index in [0.717, 1.165) is 11.1 Å². The number of carbonyl (C=O) groups excluding carboxylic acids is 1. The van der Waals surface area contributed by atoms with Crippen LogP contribution in [0.3, 0.4) is 0 Å². The third-order valence-electron chi connectivity index (χ3n) is 6.00. The van der Waals surface area contributed by atoms with E-state index in [0.29, 0.717) is 19.5 Å². The second-order valence-electron chi connectivity index (χ2n) is 7.66. The summed E-state index contributed by atoms with van der Waals surface area (Å²) in [7, 11) is 0. The first-order chi connectivity index (χ1) is 13.3. The average Bonchev–Trinajstić information content (AvgIpc) is 2.60. The van der Waals surface area contributed by atoms with Gasteiger partial charge in [0.2, 0.25) is 5.91 Å². The quantitative estimate of drug-likeness (QED) is 0.801. The van der Waals surface area contributed by atoms with Crippen LogP contribution in [0.4, 0.5) is 13.2 Å². The number of nitrogens with zero attached hydrogens (tertiary/aromatic N) is 2. The summed E-state index contributed by atoms with van der Waals surface area (Å²) in [4.78, 5) is 15.5. The van der Waals surface area contributed by atoms with Gasteiger partial charge in [0.1, 0.15) is 0 Å². The van der Waals surface area contributed by atoms with Crippen molar-refractivity contribution >= 4 is 12.0 Å². The molecule has 2 aliphatic heterocycles. The normalized spacial score (nSPS) is 24.4. The summed E-state index contributed by atoms with van der Waals surface area (Å²) in [6.45, 7) is 4.18. The van der Waals surface area contributed by atoms with Crippen molar-refractivity contribution in [3.8, 4) is 0 Å². The molecule has 154 valence electrons. The minimum atomic E-state index is -4.25. The number of aliphatic hydroxyl groups is 1. The van der Waals surface area contributed by atoms with E-state index < -0.39 is 18.1 Å². The van der Waals surface area contributed by atoms with Crippen LogP contribution < -0.4 is 0 Å². The number of hydrogen-bond donors (Lipinski definition) is 1. The molecule has 2 atom stereocenters. The lowest BCUT2D eigenvalue weighted by atomic mass is 9.60. The van der Waals surface area contributed by atoms with E-state index in [9.17, 15) is 23.1 Å². The maximum Gasteiger partial charge on any atom is 0.390 e. The van der Waals surface area contributed by atoms with Crippen LogP contribution in [-0.2, 0) is 4.79 Å². The van der Waals surface area contributed by atoms with Gasteiger partial charge in [0.15, 0.2) is 0 Å². The van der Waals surface area contributed by atoms with Gasteiger partial charge in [-0.05, 0) is 18.1 Å². The Labute approximate surface area is 163 Å². The Morgan fingerprint density at radius 1 is 1.29 bits per heavy atom. The lowest BCUT2D eigenvalue weighted by molar-refractivity contribution is -0.209. The highest BCUT2D eigenvalue weighted by atomic mass is 19.4. The van der Waals surface area contributed by atoms with Gasteiger partial charge in [-0.2, -0.15) is 13.2 Å². The largest absolute Gasteiger partial charge is 0.395 e. The molecular weight excluding hydrogens is 369 g/mol. The van der Waals surface area contributed by atoms with Crippen molar-refractivity contribution in [2.24, 2.45) is 0 Å². The first kappa shape index (κ1) is 20.9. The molecule has 2 heterocycles. The van der Waals surface area contributed by atoms with Gasteiger partial charge in [0.05, 0.1) is 18.6 Å². The molecule has 3 rings (SSSR count). The van der Waals surface area contributed by atoms with Gasteiger partial charge < -0.3 is 10.0 Å². The van der Waals surface area contributed by atoms with Crippen molar-refractivity contribution < 1.29 is 23.1 Å². The summed E-state index contributed by atoms with van der Waals surface area (Å²) in [6.07, 6.45) is -0.867. The first-order valence-corrected chi connectivity index (χ1v) is 9.70. The monoisotopic (exact) mass is 396 g/mol. The van der Waals surface area contributed by atoms with Crippen LogP contribution in [0.2, 0.25) is 0 Å². The van der Waals surface area contributed by atoms with E-state index in [2.05, 4.69) is 0 Å². The second-order valence-corrected chi connectivity index (χ2v) is 7.66. The molecule has 1 aromatic rings. The van der Waals surface area contributed by atoms with Gasteiger partial charge in [0, 0.05) is 38.0 Å². The Hall–Kier alpha value is -1.86. The zero-order valence-electron chi connectivity index (χ0n) is 16.2. The van der Waals surface area contributed by atoms with Crippen LogP contribution in [0.25, 0.3) is 6.08 Å². The first-order valence-electron chi connectivity index (χ1n) is 9.70. The summed E-state index contributed by atoms with van der Waals surface area (Å²) in [5, 5.41) is 9.91. The summed E-state index contributed by atoms with van der Waals surface area (Å²) < 4.78 is 38.5. The van der Waals surface area contributed by atoms with Crippen molar-refractivity contribution in [3.63, 3.8) is 0 Å². The number of hydrogen-bond acceptors (Lipinski definition) is 3. The van der Waals surface area contributed by atoms with Crippen molar-refractivity contribution in [1.82, 2.24) is 9.80 Å². The number of likely N-dealkylation sites (tertiary alicyclic amines) is 2. The fourth-order valence-electron chi connectivity index (χ4n) is 4.74. The smallest absolute Gasteiger partial charge is 0.390 e. The lowest BCUT2D eigenvalue weighted by Crippen LogP contribution is -2.85. The third-order valence-corrected chi connectivity index (χ3v) is 6.00. The van der Waals surface area contributed by atoms with Gasteiger partial charge in [-0.3, -0.25) is 9.69 Å². The minimum Gasteiger partial charge on any atom is -0.395 e. The van der Waals surface area contributed by atoms with Crippen LogP contribution in [0.15, 0.2) is 30.3 Å². The molecule has 0 aromatic heterocycles. The van der Waals surface area contributed by atoms with Gasteiger partial charge in [-0.1, -0.05) is 43.3 Å². The number of allylic oxidation sites excluding steroid dienone is 1. The number of carbonyl (C=O) groups is 1. The van der Waals surface area contributed by atoms with Crippen LogP contribution in [0.5, 0.6) is 0 Å².